The Morgan fingerprint density at radius 3 is 1.82 bits per heavy atom. The van der Waals surface area contributed by atoms with Crippen LogP contribution in [0.25, 0.3) is 0 Å². The number of carbonyl (C=O) groups is 1. The molecule has 0 atom stereocenters. The van der Waals surface area contributed by atoms with E-state index in [4.69, 9.17) is 4.99 Å². The molecule has 0 aliphatic rings. The number of phenols is 1. The van der Waals surface area contributed by atoms with Crippen LogP contribution in [-0.2, 0) is 23.9 Å². The minimum atomic E-state index is -0.305. The van der Waals surface area contributed by atoms with Crippen LogP contribution in [-0.4, -0.2) is 20.0 Å². The molecule has 0 saturated heterocycles. The van der Waals surface area contributed by atoms with Gasteiger partial charge in [-0.15, -0.1) is 17.0 Å². The van der Waals surface area contributed by atoms with Crippen molar-refractivity contribution in [2.75, 3.05) is 0 Å². The molecule has 0 amide bonds. The maximum absolute atomic E-state index is 13.7. The number of para-hydroxylation sites is 1. The number of hydrogen-bond acceptors (Lipinski definition) is 3. The Bertz CT molecular complexity index is 1420. The van der Waals surface area contributed by atoms with E-state index in [1.54, 1.807) is 0 Å². The van der Waals surface area contributed by atoms with E-state index in [9.17, 15) is 9.90 Å². The zero-order chi connectivity index (χ0) is 26.8. The first-order valence-corrected chi connectivity index (χ1v) is 12.7. The highest BCUT2D eigenvalue weighted by atomic mass is 79.9. The number of halogens is 1. The van der Waals surface area contributed by atoms with Crippen molar-refractivity contribution >= 4 is 28.5 Å². The van der Waals surface area contributed by atoms with E-state index in [0.29, 0.717) is 17.7 Å². The first-order valence-electron chi connectivity index (χ1n) is 12.7. The number of imidazole rings is 1. The first kappa shape index (κ1) is 29.2. The second-order valence-corrected chi connectivity index (χ2v) is 11.6. The number of carbonyl (C=O) groups excluding carboxylic acids is 1. The molecule has 200 valence electrons. The second kappa shape index (κ2) is 11.6. The van der Waals surface area contributed by atoms with Gasteiger partial charge in [-0.3, -0.25) is 4.79 Å². The summed E-state index contributed by atoms with van der Waals surface area (Å²) in [5, 5.41) is 11.1. The molecule has 0 saturated carbocycles. The second-order valence-electron chi connectivity index (χ2n) is 11.6. The van der Waals surface area contributed by atoms with E-state index >= 15 is 0 Å². The summed E-state index contributed by atoms with van der Waals surface area (Å²) >= 11 is 0. The predicted octanol–water partition coefficient (Wildman–Crippen LogP) is 7.33. The van der Waals surface area contributed by atoms with E-state index in [1.165, 1.54) is 0 Å². The topological polar surface area (TPSA) is 59.5 Å². The average molecular weight is 577 g/mol. The van der Waals surface area contributed by atoms with Crippen LogP contribution in [0.5, 0.6) is 5.75 Å². The van der Waals surface area contributed by atoms with Gasteiger partial charge in [-0.25, -0.2) is 4.99 Å². The van der Waals surface area contributed by atoms with Crippen molar-refractivity contribution in [1.82, 2.24) is 9.13 Å². The van der Waals surface area contributed by atoms with Gasteiger partial charge in [0.15, 0.2) is 5.78 Å². The molecule has 0 spiro atoms. The van der Waals surface area contributed by atoms with Crippen LogP contribution in [0.3, 0.4) is 0 Å². The van der Waals surface area contributed by atoms with Crippen molar-refractivity contribution in [3.05, 3.63) is 113 Å². The molecular formula is C32H38BrN3O2. The highest BCUT2D eigenvalue weighted by Crippen LogP contribution is 2.39. The van der Waals surface area contributed by atoms with Gasteiger partial charge in [0.05, 0.1) is 18.8 Å². The standard InChI is InChI=1S/C32H37N3O2.BrH/c1-31(2,3)26-19-24(20-27(29(26)37)32(4,5)6)28(36)22-35-18-17-34(21-23-13-9-7-10-14-23)30(35)33-25-15-11-8-12-16-25;/h7-20,37H,21-22H2,1-6H3;1H/b33-30+;. The third-order valence-electron chi connectivity index (χ3n) is 6.48. The van der Waals surface area contributed by atoms with Crippen LogP contribution in [0.4, 0.5) is 5.69 Å². The SMILES string of the molecule is Br.CC(C)(C)c1cc(C(=O)Cn2ccn(Cc3ccccc3)/c2=N\c2ccccc2)cc(C(C)(C)C)c1O. The Morgan fingerprint density at radius 1 is 0.789 bits per heavy atom. The van der Waals surface area contributed by atoms with Crippen LogP contribution >= 0.6 is 17.0 Å². The minimum absolute atomic E-state index is 0. The molecule has 0 unspecified atom stereocenters. The summed E-state index contributed by atoms with van der Waals surface area (Å²) in [7, 11) is 0. The number of benzene rings is 3. The molecule has 0 radical (unpaired) electrons. The van der Waals surface area contributed by atoms with Crippen molar-refractivity contribution in [3.63, 3.8) is 0 Å². The number of aromatic hydroxyl groups is 1. The van der Waals surface area contributed by atoms with Gasteiger partial charge >= 0.3 is 0 Å². The first-order chi connectivity index (χ1) is 17.4. The lowest BCUT2D eigenvalue weighted by Gasteiger charge is -2.28. The zero-order valence-corrected chi connectivity index (χ0v) is 24.8. The van der Waals surface area contributed by atoms with E-state index in [-0.39, 0.29) is 45.9 Å². The Balaban J connectivity index is 0.00000400. The molecule has 0 bridgehead atoms. The van der Waals surface area contributed by atoms with E-state index in [0.717, 1.165) is 22.4 Å². The summed E-state index contributed by atoms with van der Waals surface area (Å²) < 4.78 is 3.96. The summed E-state index contributed by atoms with van der Waals surface area (Å²) in [5.41, 5.74) is 4.24. The number of rotatable bonds is 6. The summed E-state index contributed by atoms with van der Waals surface area (Å²) in [4.78, 5) is 18.6. The van der Waals surface area contributed by atoms with Gasteiger partial charge in [-0.05, 0) is 40.7 Å². The Morgan fingerprint density at radius 2 is 1.29 bits per heavy atom. The smallest absolute Gasteiger partial charge is 0.210 e. The highest BCUT2D eigenvalue weighted by molar-refractivity contribution is 8.93. The van der Waals surface area contributed by atoms with Gasteiger partial charge in [-0.1, -0.05) is 90.1 Å². The molecule has 5 nitrogen and oxygen atoms in total. The van der Waals surface area contributed by atoms with Crippen molar-refractivity contribution in [3.8, 4) is 5.75 Å². The largest absolute Gasteiger partial charge is 0.507 e. The maximum atomic E-state index is 13.7. The van der Waals surface area contributed by atoms with Gasteiger partial charge in [0.25, 0.3) is 0 Å². The lowest BCUT2D eigenvalue weighted by molar-refractivity contribution is 0.0970. The van der Waals surface area contributed by atoms with E-state index < -0.39 is 0 Å². The number of hydrogen-bond donors (Lipinski definition) is 1. The lowest BCUT2D eigenvalue weighted by Crippen LogP contribution is -2.29. The van der Waals surface area contributed by atoms with Crippen LogP contribution < -0.4 is 5.62 Å². The maximum Gasteiger partial charge on any atom is 0.210 e. The van der Waals surface area contributed by atoms with Gasteiger partial charge in [0.1, 0.15) is 5.75 Å². The monoisotopic (exact) mass is 575 g/mol. The molecule has 1 N–H and O–H groups in total. The summed E-state index contributed by atoms with van der Waals surface area (Å²) in [6.07, 6.45) is 3.89. The Labute approximate surface area is 236 Å². The van der Waals surface area contributed by atoms with Crippen LogP contribution in [0.15, 0.2) is 90.2 Å². The predicted molar refractivity (Wildman–Crippen MR) is 160 cm³/mol. The molecule has 0 fully saturated rings. The van der Waals surface area contributed by atoms with Crippen LogP contribution in [0.2, 0.25) is 0 Å². The number of aromatic nitrogens is 2. The molecule has 1 aromatic heterocycles. The highest BCUT2D eigenvalue weighted by Gasteiger charge is 2.28. The number of nitrogens with zero attached hydrogens (tertiary/aromatic N) is 3. The molecule has 4 aromatic rings. The number of Topliss-reactive ketones (excluding diaryl/α,β-unsaturated/α-hetero) is 1. The molecule has 6 heteroatoms. The minimum Gasteiger partial charge on any atom is -0.507 e. The third kappa shape index (κ3) is 6.73. The molecule has 0 aliphatic heterocycles. The van der Waals surface area contributed by atoms with Crippen molar-refractivity contribution in [2.24, 2.45) is 4.99 Å². The molecule has 1 heterocycles. The van der Waals surface area contributed by atoms with Gasteiger partial charge in [0, 0.05) is 29.1 Å². The molecule has 4 rings (SSSR count). The van der Waals surface area contributed by atoms with Crippen molar-refractivity contribution < 1.29 is 9.90 Å². The number of ketones is 1. The summed E-state index contributed by atoms with van der Waals surface area (Å²) in [6.45, 7) is 13.1. The molecule has 0 aliphatic carbocycles. The quantitative estimate of drug-likeness (QED) is 0.244. The van der Waals surface area contributed by atoms with Gasteiger partial charge in [0.2, 0.25) is 5.62 Å². The molecular weight excluding hydrogens is 538 g/mol. The zero-order valence-electron chi connectivity index (χ0n) is 23.1. The van der Waals surface area contributed by atoms with Crippen LogP contribution in [0.1, 0.15) is 68.6 Å². The third-order valence-corrected chi connectivity index (χ3v) is 6.48. The van der Waals surface area contributed by atoms with Crippen molar-refractivity contribution in [1.29, 1.82) is 0 Å². The van der Waals surface area contributed by atoms with Gasteiger partial charge in [-0.2, -0.15) is 0 Å². The van der Waals surface area contributed by atoms with E-state index in [2.05, 4.69) is 58.2 Å². The average Bonchev–Trinajstić information content (AvgIpc) is 3.19. The lowest BCUT2D eigenvalue weighted by atomic mass is 9.78. The van der Waals surface area contributed by atoms with E-state index in [1.807, 2.05) is 77.6 Å². The summed E-state index contributed by atoms with van der Waals surface area (Å²) in [6, 6.07) is 23.7. The Hall–Kier alpha value is -3.38. The molecule has 38 heavy (non-hydrogen) atoms. The normalized spacial score (nSPS) is 12.3. The van der Waals surface area contributed by atoms with Gasteiger partial charge < -0.3 is 14.2 Å². The van der Waals surface area contributed by atoms with Crippen molar-refractivity contribution in [2.45, 2.75) is 65.5 Å². The number of phenolic OH excluding ortho intramolecular Hbond substituents is 1. The Kier molecular flexibility index (Phi) is 8.88. The van der Waals surface area contributed by atoms with Crippen LogP contribution in [0, 0.1) is 0 Å². The molecule has 3 aromatic carbocycles. The fourth-order valence-corrected chi connectivity index (χ4v) is 4.42. The summed E-state index contributed by atoms with van der Waals surface area (Å²) in [5.74, 6) is 0.251. The fraction of sp³-hybridized carbons (Fsp3) is 0.312. The fourth-order valence-electron chi connectivity index (χ4n) is 4.42.